The van der Waals surface area contributed by atoms with Crippen LogP contribution in [0.15, 0.2) is 33.7 Å². The van der Waals surface area contributed by atoms with Gasteiger partial charge in [-0.2, -0.15) is 31.3 Å². The van der Waals surface area contributed by atoms with E-state index in [1.807, 2.05) is 0 Å². The van der Waals surface area contributed by atoms with E-state index < -0.39 is 35.2 Å². The highest BCUT2D eigenvalue weighted by atomic mass is 32.2. The van der Waals surface area contributed by atoms with Gasteiger partial charge in [0.15, 0.2) is 4.90 Å². The second kappa shape index (κ2) is 5.80. The van der Waals surface area contributed by atoms with Gasteiger partial charge in [0, 0.05) is 5.56 Å². The largest absolute Gasteiger partial charge is 0.611 e. The molecule has 0 spiro atoms. The summed E-state index contributed by atoms with van der Waals surface area (Å²) >= 11 is -2.30. The third-order valence-corrected chi connectivity index (χ3v) is 3.73. The van der Waals surface area contributed by atoms with Gasteiger partial charge >= 0.3 is 18.2 Å². The Labute approximate surface area is 122 Å². The van der Waals surface area contributed by atoms with Crippen LogP contribution in [0.5, 0.6) is 0 Å². The van der Waals surface area contributed by atoms with E-state index in [1.165, 1.54) is 0 Å². The Hall–Kier alpha value is -1.75. The van der Waals surface area contributed by atoms with Gasteiger partial charge < -0.3 is 9.08 Å². The lowest BCUT2D eigenvalue weighted by atomic mass is 10.2. The second-order valence-corrected chi connectivity index (χ2v) is 5.50. The van der Waals surface area contributed by atoms with E-state index in [0.717, 1.165) is 24.3 Å². The molecular formula is C11H6F6N2O2S. The second-order valence-electron chi connectivity index (χ2n) is 4.05. The van der Waals surface area contributed by atoms with E-state index >= 15 is 0 Å². The summed E-state index contributed by atoms with van der Waals surface area (Å²) in [5.74, 6) is -3.42. The fourth-order valence-corrected chi connectivity index (χ4v) is 2.35. The van der Waals surface area contributed by atoms with Crippen LogP contribution in [0.3, 0.4) is 0 Å². The first-order valence-corrected chi connectivity index (χ1v) is 6.84. The van der Waals surface area contributed by atoms with Crippen LogP contribution in [0.2, 0.25) is 0 Å². The highest BCUT2D eigenvalue weighted by molar-refractivity contribution is 7.91. The van der Waals surface area contributed by atoms with Crippen LogP contribution >= 0.6 is 0 Å². The van der Waals surface area contributed by atoms with Crippen LogP contribution in [0.25, 0.3) is 11.4 Å². The molecule has 0 saturated heterocycles. The van der Waals surface area contributed by atoms with Crippen molar-refractivity contribution in [1.82, 2.24) is 10.1 Å². The maximum absolute atomic E-state index is 12.3. The smallest absolute Gasteiger partial charge is 0.471 e. The minimum absolute atomic E-state index is 0.0898. The number of aromatic nitrogens is 2. The molecule has 11 heteroatoms. The molecule has 0 aliphatic heterocycles. The van der Waals surface area contributed by atoms with Crippen molar-refractivity contribution in [1.29, 1.82) is 0 Å². The molecule has 0 radical (unpaired) electrons. The normalized spacial score (nSPS) is 14.1. The van der Waals surface area contributed by atoms with Gasteiger partial charge in [-0.15, -0.1) is 0 Å². The van der Waals surface area contributed by atoms with Crippen molar-refractivity contribution in [2.24, 2.45) is 0 Å². The molecule has 0 aliphatic carbocycles. The monoisotopic (exact) mass is 344 g/mol. The summed E-state index contributed by atoms with van der Waals surface area (Å²) < 4.78 is 88.7. The van der Waals surface area contributed by atoms with Gasteiger partial charge in [0.25, 0.3) is 0 Å². The first-order valence-electron chi connectivity index (χ1n) is 5.53. The standard InChI is InChI=1S/C11H6F6N2O2S/c12-10(13,14)5-22(20)7-3-1-6(2-4-7)8-18-9(21-19-8)11(15,16)17/h1-4H,5H2. The molecule has 1 aromatic heterocycles. The van der Waals surface area contributed by atoms with Gasteiger partial charge in [-0.05, 0) is 35.4 Å². The van der Waals surface area contributed by atoms with Crippen molar-refractivity contribution in [2.75, 3.05) is 5.75 Å². The predicted molar refractivity (Wildman–Crippen MR) is 62.1 cm³/mol. The molecule has 2 aromatic rings. The number of rotatable bonds is 3. The topological polar surface area (TPSA) is 62.0 Å². The lowest BCUT2D eigenvalue weighted by Crippen LogP contribution is -2.22. The van der Waals surface area contributed by atoms with Crippen LogP contribution in [0.4, 0.5) is 26.3 Å². The molecule has 1 atom stereocenters. The molecule has 4 nitrogen and oxygen atoms in total. The first-order chi connectivity index (χ1) is 10.1. The Bertz CT molecular complexity index is 637. The molecule has 22 heavy (non-hydrogen) atoms. The van der Waals surface area contributed by atoms with Crippen LogP contribution in [-0.4, -0.2) is 26.6 Å². The lowest BCUT2D eigenvalue weighted by Gasteiger charge is -2.12. The van der Waals surface area contributed by atoms with Crippen molar-refractivity contribution >= 4 is 11.2 Å². The first kappa shape index (κ1) is 16.6. The lowest BCUT2D eigenvalue weighted by molar-refractivity contribution is -0.159. The van der Waals surface area contributed by atoms with Gasteiger partial charge in [0.1, 0.15) is 0 Å². The maximum atomic E-state index is 12.3. The summed E-state index contributed by atoms with van der Waals surface area (Å²) in [5, 5.41) is 3.12. The van der Waals surface area contributed by atoms with Gasteiger partial charge in [0.05, 0.1) is 0 Å². The molecule has 0 N–H and O–H groups in total. The number of halogens is 6. The van der Waals surface area contributed by atoms with Crippen LogP contribution < -0.4 is 0 Å². The van der Waals surface area contributed by atoms with E-state index in [9.17, 15) is 30.9 Å². The van der Waals surface area contributed by atoms with Crippen molar-refractivity contribution < 1.29 is 35.4 Å². The zero-order valence-electron chi connectivity index (χ0n) is 10.4. The molecule has 1 aromatic carbocycles. The third kappa shape index (κ3) is 4.13. The Morgan fingerprint density at radius 3 is 2.09 bits per heavy atom. The van der Waals surface area contributed by atoms with Crippen LogP contribution in [-0.2, 0) is 17.4 Å². The number of hydrogen-bond donors (Lipinski definition) is 0. The minimum atomic E-state index is -4.79. The Morgan fingerprint density at radius 1 is 1.05 bits per heavy atom. The Morgan fingerprint density at radius 2 is 1.64 bits per heavy atom. The molecule has 0 saturated carbocycles. The van der Waals surface area contributed by atoms with E-state index in [1.54, 1.807) is 0 Å². The molecule has 0 fully saturated rings. The predicted octanol–water partition coefficient (Wildman–Crippen LogP) is 3.43. The molecule has 1 unspecified atom stereocenters. The van der Waals surface area contributed by atoms with E-state index in [2.05, 4.69) is 14.7 Å². The Balaban J connectivity index is 2.17. The summed E-state index contributed by atoms with van der Waals surface area (Å²) in [6.07, 6.45) is -9.38. The summed E-state index contributed by atoms with van der Waals surface area (Å²) in [5.41, 5.74) is 0.0898. The van der Waals surface area contributed by atoms with Crippen LogP contribution in [0.1, 0.15) is 5.89 Å². The Kier molecular flexibility index (Phi) is 4.38. The highest BCUT2D eigenvalue weighted by Crippen LogP contribution is 2.30. The van der Waals surface area contributed by atoms with Crippen molar-refractivity contribution in [3.8, 4) is 11.4 Å². The van der Waals surface area contributed by atoms with E-state index in [4.69, 9.17) is 0 Å². The van der Waals surface area contributed by atoms with Crippen LogP contribution in [0, 0.1) is 0 Å². The van der Waals surface area contributed by atoms with Crippen molar-refractivity contribution in [3.63, 3.8) is 0 Å². The fraction of sp³-hybridized carbons (Fsp3) is 0.273. The van der Waals surface area contributed by atoms with Gasteiger partial charge in [-0.3, -0.25) is 0 Å². The summed E-state index contributed by atoms with van der Waals surface area (Å²) in [4.78, 5) is 3.02. The summed E-state index contributed by atoms with van der Waals surface area (Å²) in [6.45, 7) is 0. The van der Waals surface area contributed by atoms with Crippen molar-refractivity contribution in [3.05, 3.63) is 30.2 Å². The average Bonchev–Trinajstić information content (AvgIpc) is 2.86. The number of nitrogens with zero attached hydrogens (tertiary/aromatic N) is 2. The molecule has 0 amide bonds. The zero-order chi connectivity index (χ0) is 16.5. The van der Waals surface area contributed by atoms with E-state index in [0.29, 0.717) is 0 Å². The van der Waals surface area contributed by atoms with E-state index in [-0.39, 0.29) is 16.3 Å². The quantitative estimate of drug-likeness (QED) is 0.632. The number of alkyl halides is 6. The van der Waals surface area contributed by atoms with Gasteiger partial charge in [-0.1, -0.05) is 5.16 Å². The minimum Gasteiger partial charge on any atom is -0.611 e. The number of benzene rings is 1. The molecule has 120 valence electrons. The average molecular weight is 344 g/mol. The third-order valence-electron chi connectivity index (χ3n) is 2.34. The summed E-state index contributed by atoms with van der Waals surface area (Å²) in [7, 11) is 0. The molecular weight excluding hydrogens is 338 g/mol. The fourth-order valence-electron chi connectivity index (χ4n) is 1.44. The highest BCUT2D eigenvalue weighted by Gasteiger charge is 2.38. The zero-order valence-corrected chi connectivity index (χ0v) is 11.2. The SMILES string of the molecule is [O-][S+](CC(F)(F)F)c1ccc(-c2noc(C(F)(F)F)n2)cc1. The van der Waals surface area contributed by atoms with Gasteiger partial charge in [-0.25, -0.2) is 0 Å². The molecule has 2 rings (SSSR count). The molecule has 1 heterocycles. The van der Waals surface area contributed by atoms with Gasteiger partial charge in [0.2, 0.25) is 11.6 Å². The molecule has 0 bridgehead atoms. The summed E-state index contributed by atoms with van der Waals surface area (Å²) in [6, 6.07) is 4.52. The van der Waals surface area contributed by atoms with Crippen molar-refractivity contribution in [2.45, 2.75) is 17.2 Å². The number of hydrogen-bond acceptors (Lipinski definition) is 4. The molecule has 0 aliphatic rings. The maximum Gasteiger partial charge on any atom is 0.471 e.